The van der Waals surface area contributed by atoms with Gasteiger partial charge >= 0.3 is 0 Å². The number of nitro groups is 1. The Morgan fingerprint density at radius 1 is 1.53 bits per heavy atom. The van der Waals surface area contributed by atoms with Gasteiger partial charge in [-0.2, -0.15) is 0 Å². The molecule has 1 N–H and O–H groups in total. The Bertz CT molecular complexity index is 499. The van der Waals surface area contributed by atoms with E-state index in [1.165, 1.54) is 6.07 Å². The summed E-state index contributed by atoms with van der Waals surface area (Å²) < 4.78 is 0. The fourth-order valence-electron chi connectivity index (χ4n) is 2.30. The standard InChI is InChI=1S/C13H17ClN2O3/c1-9(2)13(17)7-15(8-13)6-10-11(14)4-3-5-12(10)16(18)19/h3-5,9,17H,6-8H2,1-2H3. The average Bonchev–Trinajstić information content (AvgIpc) is 2.28. The van der Waals surface area contributed by atoms with Crippen LogP contribution in [-0.2, 0) is 6.54 Å². The molecule has 0 bridgehead atoms. The van der Waals surface area contributed by atoms with Crippen molar-refractivity contribution in [1.82, 2.24) is 4.90 Å². The molecule has 0 atom stereocenters. The van der Waals surface area contributed by atoms with Gasteiger partial charge in [0.25, 0.3) is 5.69 Å². The highest BCUT2D eigenvalue weighted by Crippen LogP contribution is 2.33. The zero-order valence-electron chi connectivity index (χ0n) is 11.0. The van der Waals surface area contributed by atoms with Crippen LogP contribution in [0.3, 0.4) is 0 Å². The van der Waals surface area contributed by atoms with Crippen molar-refractivity contribution in [2.45, 2.75) is 26.0 Å². The smallest absolute Gasteiger partial charge is 0.275 e. The lowest BCUT2D eigenvalue weighted by Gasteiger charge is -2.49. The minimum atomic E-state index is -0.684. The predicted molar refractivity (Wildman–Crippen MR) is 73.2 cm³/mol. The third-order valence-electron chi connectivity index (χ3n) is 3.74. The summed E-state index contributed by atoms with van der Waals surface area (Å²) in [5, 5.41) is 21.5. The highest BCUT2D eigenvalue weighted by Gasteiger charge is 2.43. The van der Waals surface area contributed by atoms with E-state index in [1.807, 2.05) is 18.7 Å². The van der Waals surface area contributed by atoms with Gasteiger partial charge in [-0.15, -0.1) is 0 Å². The number of halogens is 1. The molecule has 1 heterocycles. The van der Waals surface area contributed by atoms with Gasteiger partial charge in [0.2, 0.25) is 0 Å². The van der Waals surface area contributed by atoms with Crippen LogP contribution in [0.2, 0.25) is 5.02 Å². The van der Waals surface area contributed by atoms with E-state index < -0.39 is 10.5 Å². The normalized spacial score (nSPS) is 18.4. The molecular weight excluding hydrogens is 268 g/mol. The second-order valence-electron chi connectivity index (χ2n) is 5.40. The molecule has 0 spiro atoms. The first-order valence-corrected chi connectivity index (χ1v) is 6.58. The third-order valence-corrected chi connectivity index (χ3v) is 4.10. The number of rotatable bonds is 4. The molecule has 0 unspecified atom stereocenters. The molecule has 0 radical (unpaired) electrons. The van der Waals surface area contributed by atoms with E-state index in [2.05, 4.69) is 0 Å². The molecule has 104 valence electrons. The molecule has 0 aromatic heterocycles. The Kier molecular flexibility index (Phi) is 3.80. The van der Waals surface area contributed by atoms with Gasteiger partial charge in [-0.1, -0.05) is 31.5 Å². The summed E-state index contributed by atoms with van der Waals surface area (Å²) in [5.74, 6) is 0.171. The molecule has 5 nitrogen and oxygen atoms in total. The first-order valence-electron chi connectivity index (χ1n) is 6.20. The van der Waals surface area contributed by atoms with Crippen molar-refractivity contribution in [2.24, 2.45) is 5.92 Å². The molecule has 1 fully saturated rings. The number of nitro benzene ring substituents is 1. The van der Waals surface area contributed by atoms with Gasteiger partial charge in [0, 0.05) is 25.7 Å². The number of benzene rings is 1. The van der Waals surface area contributed by atoms with Crippen LogP contribution in [0.5, 0.6) is 0 Å². The van der Waals surface area contributed by atoms with Crippen LogP contribution in [0.1, 0.15) is 19.4 Å². The van der Waals surface area contributed by atoms with E-state index in [0.717, 1.165) is 0 Å². The maximum absolute atomic E-state index is 11.0. The van der Waals surface area contributed by atoms with Crippen LogP contribution in [0.4, 0.5) is 5.69 Å². The maximum atomic E-state index is 11.0. The number of hydrogen-bond acceptors (Lipinski definition) is 4. The van der Waals surface area contributed by atoms with Crippen LogP contribution in [0.15, 0.2) is 18.2 Å². The van der Waals surface area contributed by atoms with Crippen LogP contribution >= 0.6 is 11.6 Å². The summed E-state index contributed by atoms with van der Waals surface area (Å²) in [6, 6.07) is 4.68. The second kappa shape index (κ2) is 5.07. The molecule has 1 aliphatic heterocycles. The van der Waals surface area contributed by atoms with E-state index in [9.17, 15) is 15.2 Å². The summed E-state index contributed by atoms with van der Waals surface area (Å²) in [5.41, 5.74) is -0.136. The Morgan fingerprint density at radius 2 is 2.16 bits per heavy atom. The van der Waals surface area contributed by atoms with Gasteiger partial charge in [-0.25, -0.2) is 0 Å². The molecule has 1 aliphatic rings. The van der Waals surface area contributed by atoms with Gasteiger partial charge in [0.15, 0.2) is 0 Å². The topological polar surface area (TPSA) is 66.6 Å². The molecule has 19 heavy (non-hydrogen) atoms. The molecule has 2 rings (SSSR count). The lowest BCUT2D eigenvalue weighted by molar-refractivity contribution is -0.385. The van der Waals surface area contributed by atoms with Crippen molar-refractivity contribution in [3.05, 3.63) is 38.9 Å². The highest BCUT2D eigenvalue weighted by molar-refractivity contribution is 6.31. The Labute approximate surface area is 116 Å². The minimum Gasteiger partial charge on any atom is -0.387 e. The van der Waals surface area contributed by atoms with E-state index in [0.29, 0.717) is 30.2 Å². The largest absolute Gasteiger partial charge is 0.387 e. The van der Waals surface area contributed by atoms with Crippen molar-refractivity contribution >= 4 is 17.3 Å². The number of likely N-dealkylation sites (tertiary alicyclic amines) is 1. The molecule has 1 saturated heterocycles. The third kappa shape index (κ3) is 2.73. The second-order valence-corrected chi connectivity index (χ2v) is 5.81. The summed E-state index contributed by atoms with van der Waals surface area (Å²) in [7, 11) is 0. The van der Waals surface area contributed by atoms with Crippen molar-refractivity contribution in [1.29, 1.82) is 0 Å². The molecule has 6 heteroatoms. The van der Waals surface area contributed by atoms with Crippen LogP contribution in [0, 0.1) is 16.0 Å². The van der Waals surface area contributed by atoms with Gasteiger partial charge < -0.3 is 5.11 Å². The first kappa shape index (κ1) is 14.2. The molecular formula is C13H17ClN2O3. The summed E-state index contributed by atoms with van der Waals surface area (Å²) in [6.45, 7) is 5.37. The number of nitrogens with zero attached hydrogens (tertiary/aromatic N) is 2. The lowest BCUT2D eigenvalue weighted by Crippen LogP contribution is -2.63. The molecule has 0 amide bonds. The summed E-state index contributed by atoms with van der Waals surface area (Å²) in [6.07, 6.45) is 0. The van der Waals surface area contributed by atoms with Gasteiger partial charge in [0.05, 0.1) is 21.1 Å². The average molecular weight is 285 g/mol. The Morgan fingerprint density at radius 3 is 2.68 bits per heavy atom. The van der Waals surface area contributed by atoms with Crippen molar-refractivity contribution in [2.75, 3.05) is 13.1 Å². The van der Waals surface area contributed by atoms with Crippen molar-refractivity contribution in [3.63, 3.8) is 0 Å². The van der Waals surface area contributed by atoms with Gasteiger partial charge in [-0.05, 0) is 12.0 Å². The van der Waals surface area contributed by atoms with Gasteiger partial charge in [0.1, 0.15) is 0 Å². The van der Waals surface area contributed by atoms with E-state index in [1.54, 1.807) is 12.1 Å². The van der Waals surface area contributed by atoms with Crippen molar-refractivity contribution in [3.8, 4) is 0 Å². The van der Waals surface area contributed by atoms with E-state index in [-0.39, 0.29) is 11.6 Å². The molecule has 1 aromatic carbocycles. The fourth-order valence-corrected chi connectivity index (χ4v) is 2.53. The van der Waals surface area contributed by atoms with Crippen molar-refractivity contribution < 1.29 is 10.0 Å². The van der Waals surface area contributed by atoms with E-state index >= 15 is 0 Å². The SMILES string of the molecule is CC(C)C1(O)CN(Cc2c(Cl)cccc2[N+](=O)[O-])C1. The van der Waals surface area contributed by atoms with Gasteiger partial charge in [-0.3, -0.25) is 15.0 Å². The molecule has 0 saturated carbocycles. The number of aliphatic hydroxyl groups is 1. The fraction of sp³-hybridized carbons (Fsp3) is 0.538. The molecule has 0 aliphatic carbocycles. The Balaban J connectivity index is 2.12. The minimum absolute atomic E-state index is 0.0347. The van der Waals surface area contributed by atoms with Crippen LogP contribution in [-0.4, -0.2) is 33.6 Å². The number of β-amino-alcohol motifs (C(OH)–C–C–N with tert-alkyl or cyclic N) is 1. The Hall–Kier alpha value is -1.17. The monoisotopic (exact) mass is 284 g/mol. The van der Waals surface area contributed by atoms with Crippen LogP contribution in [0.25, 0.3) is 0 Å². The van der Waals surface area contributed by atoms with E-state index in [4.69, 9.17) is 11.6 Å². The lowest BCUT2D eigenvalue weighted by atomic mass is 9.83. The quantitative estimate of drug-likeness (QED) is 0.681. The predicted octanol–water partition coefficient (Wildman–Crippen LogP) is 2.45. The zero-order valence-corrected chi connectivity index (χ0v) is 11.7. The zero-order chi connectivity index (χ0) is 14.2. The molecule has 1 aromatic rings. The highest BCUT2D eigenvalue weighted by atomic mass is 35.5. The summed E-state index contributed by atoms with van der Waals surface area (Å²) in [4.78, 5) is 12.5. The maximum Gasteiger partial charge on any atom is 0.275 e. The van der Waals surface area contributed by atoms with Crippen LogP contribution < -0.4 is 0 Å². The number of hydrogen-bond donors (Lipinski definition) is 1. The summed E-state index contributed by atoms with van der Waals surface area (Å²) >= 11 is 6.04. The first-order chi connectivity index (χ1) is 8.83.